The molecule has 1 aromatic carbocycles. The molecule has 0 radical (unpaired) electrons. The Kier molecular flexibility index (Phi) is 7.93. The van der Waals surface area contributed by atoms with E-state index in [1.165, 1.54) is 25.2 Å². The molecule has 3 heterocycles. The number of thioether (sulfide) groups is 1. The largest absolute Gasteiger partial charge is 0.460 e. The first-order valence-corrected chi connectivity index (χ1v) is 12.5. The summed E-state index contributed by atoms with van der Waals surface area (Å²) in [7, 11) is 1.48. The van der Waals surface area contributed by atoms with Gasteiger partial charge in [-0.3, -0.25) is 9.59 Å². The van der Waals surface area contributed by atoms with Crippen molar-refractivity contribution in [1.82, 2.24) is 19.7 Å². The molecule has 0 aliphatic rings. The maximum absolute atomic E-state index is 12.8. The number of rotatable bonds is 10. The molecule has 0 spiro atoms. The fourth-order valence-corrected chi connectivity index (χ4v) is 5.19. The molecule has 36 heavy (non-hydrogen) atoms. The van der Waals surface area contributed by atoms with E-state index in [1.807, 2.05) is 30.3 Å². The van der Waals surface area contributed by atoms with E-state index in [0.717, 1.165) is 17.0 Å². The average Bonchev–Trinajstić information content (AvgIpc) is 3.45. The minimum atomic E-state index is -0.697. The fourth-order valence-electron chi connectivity index (χ4n) is 3.36. The number of hydrogen-bond donors (Lipinski definition) is 2. The zero-order chi connectivity index (χ0) is 25.7. The van der Waals surface area contributed by atoms with Crippen LogP contribution >= 0.6 is 23.1 Å². The Morgan fingerprint density at radius 2 is 1.94 bits per heavy atom. The molecular weight excluding hydrogens is 504 g/mol. The van der Waals surface area contributed by atoms with Crippen molar-refractivity contribution in [2.75, 3.05) is 31.4 Å². The van der Waals surface area contributed by atoms with E-state index < -0.39 is 17.8 Å². The third-order valence-corrected chi connectivity index (χ3v) is 7.25. The van der Waals surface area contributed by atoms with Gasteiger partial charge in [-0.25, -0.2) is 19.4 Å². The molecule has 13 heteroatoms. The summed E-state index contributed by atoms with van der Waals surface area (Å²) in [5.74, 6) is -1.78. The number of esters is 1. The Morgan fingerprint density at radius 1 is 1.17 bits per heavy atom. The van der Waals surface area contributed by atoms with Crippen molar-refractivity contribution in [3.8, 4) is 5.69 Å². The number of ether oxygens (including phenoxy) is 2. The number of thiophene rings is 1. The zero-order valence-corrected chi connectivity index (χ0v) is 21.0. The summed E-state index contributed by atoms with van der Waals surface area (Å²) in [5.41, 5.74) is 7.35. The minimum absolute atomic E-state index is 0.0103. The Balaban J connectivity index is 1.51. The minimum Gasteiger partial charge on any atom is -0.460 e. The molecule has 186 valence electrons. The molecule has 0 unspecified atom stereocenters. The van der Waals surface area contributed by atoms with Crippen molar-refractivity contribution in [2.45, 2.75) is 11.9 Å². The van der Waals surface area contributed by atoms with E-state index >= 15 is 0 Å². The predicted molar refractivity (Wildman–Crippen MR) is 136 cm³/mol. The standard InChI is InChI=1S/C23H22N6O5S2/c1-13-17(23(32)34-9-8-33-2)22(36-18(13)19(24)31)28-16(30)11-35-21-15-10-27-29(20(15)25-12-26-21)14-6-4-3-5-7-14/h3-7,10,12H,8-9,11H2,1-2H3,(H2,24,31)(H,28,30). The number of nitrogens with two attached hydrogens (primary N) is 1. The van der Waals surface area contributed by atoms with Crippen LogP contribution in [0.1, 0.15) is 25.6 Å². The van der Waals surface area contributed by atoms with E-state index in [1.54, 1.807) is 17.8 Å². The van der Waals surface area contributed by atoms with Gasteiger partial charge in [0.2, 0.25) is 5.91 Å². The highest BCUT2D eigenvalue weighted by Gasteiger charge is 2.26. The first kappa shape index (κ1) is 25.3. The van der Waals surface area contributed by atoms with Crippen LogP contribution in [0.15, 0.2) is 47.9 Å². The number of methoxy groups -OCH3 is 1. The number of anilines is 1. The number of aromatic nitrogens is 4. The third kappa shape index (κ3) is 5.37. The number of fused-ring (bicyclic) bond motifs is 1. The van der Waals surface area contributed by atoms with Gasteiger partial charge in [0.05, 0.1) is 40.1 Å². The Morgan fingerprint density at radius 3 is 2.67 bits per heavy atom. The lowest BCUT2D eigenvalue weighted by Crippen LogP contribution is -2.17. The molecule has 0 saturated heterocycles. The van der Waals surface area contributed by atoms with Gasteiger partial charge in [0.15, 0.2) is 5.65 Å². The van der Waals surface area contributed by atoms with Crippen molar-refractivity contribution in [3.05, 3.63) is 58.9 Å². The van der Waals surface area contributed by atoms with Crippen LogP contribution < -0.4 is 11.1 Å². The second-order valence-electron chi connectivity index (χ2n) is 7.40. The summed E-state index contributed by atoms with van der Waals surface area (Å²) >= 11 is 2.13. The van der Waals surface area contributed by atoms with Gasteiger partial charge in [-0.15, -0.1) is 11.3 Å². The first-order chi connectivity index (χ1) is 17.4. The van der Waals surface area contributed by atoms with Crippen LogP contribution in [0.25, 0.3) is 16.7 Å². The van der Waals surface area contributed by atoms with E-state index in [-0.39, 0.29) is 34.4 Å². The number of primary amides is 1. The average molecular weight is 527 g/mol. The first-order valence-electron chi connectivity index (χ1n) is 10.7. The lowest BCUT2D eigenvalue weighted by molar-refractivity contribution is -0.113. The molecule has 0 atom stereocenters. The van der Waals surface area contributed by atoms with Gasteiger partial charge in [-0.2, -0.15) is 5.10 Å². The number of carbonyl (C=O) groups excluding carboxylic acids is 3. The molecule has 0 saturated carbocycles. The quantitative estimate of drug-likeness (QED) is 0.137. The maximum Gasteiger partial charge on any atom is 0.341 e. The smallest absolute Gasteiger partial charge is 0.341 e. The van der Waals surface area contributed by atoms with Crippen LogP contribution in [-0.4, -0.2) is 63.6 Å². The van der Waals surface area contributed by atoms with Crippen molar-refractivity contribution >= 4 is 56.9 Å². The van der Waals surface area contributed by atoms with Crippen LogP contribution in [0.2, 0.25) is 0 Å². The fraction of sp³-hybridized carbons (Fsp3) is 0.217. The molecule has 0 fully saturated rings. The summed E-state index contributed by atoms with van der Waals surface area (Å²) in [6, 6.07) is 9.55. The van der Waals surface area contributed by atoms with Crippen LogP contribution in [0, 0.1) is 6.92 Å². The molecule has 3 N–H and O–H groups in total. The lowest BCUT2D eigenvalue weighted by atomic mass is 10.1. The highest BCUT2D eigenvalue weighted by molar-refractivity contribution is 8.00. The van der Waals surface area contributed by atoms with E-state index in [2.05, 4.69) is 20.4 Å². The Bertz CT molecular complexity index is 1420. The van der Waals surface area contributed by atoms with Crippen LogP contribution in [0.3, 0.4) is 0 Å². The SMILES string of the molecule is COCCOC(=O)c1c(NC(=O)CSc2ncnc3c2cnn3-c2ccccc2)sc(C(N)=O)c1C. The number of hydrogen-bond acceptors (Lipinski definition) is 10. The number of para-hydroxylation sites is 1. The van der Waals surface area contributed by atoms with Gasteiger partial charge in [0, 0.05) is 7.11 Å². The van der Waals surface area contributed by atoms with Crippen molar-refractivity contribution in [2.24, 2.45) is 5.73 Å². The van der Waals surface area contributed by atoms with Gasteiger partial charge in [0.25, 0.3) is 5.91 Å². The van der Waals surface area contributed by atoms with Gasteiger partial charge >= 0.3 is 5.97 Å². The normalized spacial score (nSPS) is 10.9. The van der Waals surface area contributed by atoms with E-state index in [0.29, 0.717) is 21.6 Å². The van der Waals surface area contributed by atoms with Crippen LogP contribution in [0.5, 0.6) is 0 Å². The maximum atomic E-state index is 12.8. The molecule has 0 bridgehead atoms. The van der Waals surface area contributed by atoms with Gasteiger partial charge in [-0.05, 0) is 24.6 Å². The van der Waals surface area contributed by atoms with Gasteiger partial charge in [-0.1, -0.05) is 30.0 Å². The Hall–Kier alpha value is -3.81. The number of benzene rings is 1. The highest BCUT2D eigenvalue weighted by atomic mass is 32.2. The van der Waals surface area contributed by atoms with Crippen LogP contribution in [0.4, 0.5) is 5.00 Å². The highest BCUT2D eigenvalue weighted by Crippen LogP contribution is 2.34. The van der Waals surface area contributed by atoms with E-state index in [4.69, 9.17) is 15.2 Å². The topological polar surface area (TPSA) is 151 Å². The molecule has 3 aromatic heterocycles. The molecule has 4 rings (SSSR count). The van der Waals surface area contributed by atoms with E-state index in [9.17, 15) is 14.4 Å². The lowest BCUT2D eigenvalue weighted by Gasteiger charge is -2.08. The number of amides is 2. The van der Waals surface area contributed by atoms with Crippen molar-refractivity contribution in [3.63, 3.8) is 0 Å². The molecule has 4 aromatic rings. The van der Waals surface area contributed by atoms with Crippen molar-refractivity contribution in [1.29, 1.82) is 0 Å². The zero-order valence-electron chi connectivity index (χ0n) is 19.4. The van der Waals surface area contributed by atoms with Crippen molar-refractivity contribution < 1.29 is 23.9 Å². The number of carbonyl (C=O) groups is 3. The molecular formula is C23H22N6O5S2. The summed E-state index contributed by atoms with van der Waals surface area (Å²) in [6.45, 7) is 1.82. The predicted octanol–water partition coefficient (Wildman–Crippen LogP) is 2.82. The molecule has 0 aliphatic heterocycles. The second kappa shape index (κ2) is 11.3. The molecule has 0 aliphatic carbocycles. The molecule has 11 nitrogen and oxygen atoms in total. The summed E-state index contributed by atoms with van der Waals surface area (Å²) in [6.07, 6.45) is 3.07. The number of nitrogens with zero attached hydrogens (tertiary/aromatic N) is 4. The summed E-state index contributed by atoms with van der Waals surface area (Å²) in [4.78, 5) is 46.0. The third-order valence-electron chi connectivity index (χ3n) is 5.02. The summed E-state index contributed by atoms with van der Waals surface area (Å²) < 4.78 is 11.8. The van der Waals surface area contributed by atoms with Gasteiger partial charge < -0.3 is 20.5 Å². The van der Waals surface area contributed by atoms with Crippen LogP contribution in [-0.2, 0) is 14.3 Å². The Labute approximate surface area is 214 Å². The summed E-state index contributed by atoms with van der Waals surface area (Å²) in [5, 5.41) is 8.58. The second-order valence-corrected chi connectivity index (χ2v) is 9.38. The van der Waals surface area contributed by atoms with Gasteiger partial charge in [0.1, 0.15) is 23.0 Å². The number of nitrogens with one attached hydrogen (secondary N) is 1. The molecule has 2 amide bonds. The monoisotopic (exact) mass is 526 g/mol.